The maximum absolute atomic E-state index is 11.9. The minimum absolute atomic E-state index is 0.287. The number of ether oxygens (including phenoxy) is 2. The first-order chi connectivity index (χ1) is 7.99. The molecule has 0 aromatic heterocycles. The SMILES string of the molecule is CC(C)(C)OC(=O)C1CCC1C(=O)OC(C)(C)C. The minimum Gasteiger partial charge on any atom is -0.460 e. The number of carbonyl (C=O) groups excluding carboxylic acids is 2. The zero-order valence-corrected chi connectivity index (χ0v) is 12.2. The van der Waals surface area contributed by atoms with E-state index in [4.69, 9.17) is 9.47 Å². The van der Waals surface area contributed by atoms with E-state index in [1.165, 1.54) is 0 Å². The Labute approximate surface area is 109 Å². The molecule has 0 bridgehead atoms. The Morgan fingerprint density at radius 2 is 1.06 bits per heavy atom. The maximum Gasteiger partial charge on any atom is 0.310 e. The van der Waals surface area contributed by atoms with Crippen molar-refractivity contribution >= 4 is 11.9 Å². The highest BCUT2D eigenvalue weighted by Crippen LogP contribution is 2.37. The highest BCUT2D eigenvalue weighted by atomic mass is 16.6. The van der Waals surface area contributed by atoms with Gasteiger partial charge in [-0.15, -0.1) is 0 Å². The van der Waals surface area contributed by atoms with Crippen molar-refractivity contribution in [2.45, 2.75) is 65.6 Å². The minimum atomic E-state index is -0.509. The summed E-state index contributed by atoms with van der Waals surface area (Å²) < 4.78 is 10.6. The fourth-order valence-corrected chi connectivity index (χ4v) is 1.82. The molecule has 0 heterocycles. The van der Waals surface area contributed by atoms with E-state index in [9.17, 15) is 9.59 Å². The van der Waals surface area contributed by atoms with Gasteiger partial charge in [0.05, 0.1) is 11.8 Å². The van der Waals surface area contributed by atoms with Gasteiger partial charge in [0, 0.05) is 0 Å². The van der Waals surface area contributed by atoms with Crippen molar-refractivity contribution in [3.8, 4) is 0 Å². The molecule has 0 spiro atoms. The zero-order valence-electron chi connectivity index (χ0n) is 12.2. The Hall–Kier alpha value is -1.06. The van der Waals surface area contributed by atoms with Crippen LogP contribution < -0.4 is 0 Å². The summed E-state index contributed by atoms with van der Waals surface area (Å²) in [4.78, 5) is 23.8. The number of hydrogen-bond donors (Lipinski definition) is 0. The van der Waals surface area contributed by atoms with Gasteiger partial charge >= 0.3 is 11.9 Å². The van der Waals surface area contributed by atoms with Crippen LogP contribution in [0.15, 0.2) is 0 Å². The van der Waals surface area contributed by atoms with E-state index in [-0.39, 0.29) is 23.8 Å². The van der Waals surface area contributed by atoms with Gasteiger partial charge in [0.25, 0.3) is 0 Å². The third-order valence-corrected chi connectivity index (χ3v) is 2.69. The second kappa shape index (κ2) is 4.90. The van der Waals surface area contributed by atoms with Crippen molar-refractivity contribution in [1.82, 2.24) is 0 Å². The summed E-state index contributed by atoms with van der Waals surface area (Å²) in [5.74, 6) is -1.24. The normalized spacial score (nSPS) is 24.1. The molecule has 1 aliphatic rings. The lowest BCUT2D eigenvalue weighted by Crippen LogP contribution is -2.44. The van der Waals surface area contributed by atoms with Gasteiger partial charge < -0.3 is 9.47 Å². The van der Waals surface area contributed by atoms with Gasteiger partial charge in [0.2, 0.25) is 0 Å². The van der Waals surface area contributed by atoms with Crippen LogP contribution in [-0.2, 0) is 19.1 Å². The van der Waals surface area contributed by atoms with Crippen LogP contribution in [0.25, 0.3) is 0 Å². The average Bonchev–Trinajstić information content (AvgIpc) is 1.91. The molecule has 2 unspecified atom stereocenters. The van der Waals surface area contributed by atoms with Gasteiger partial charge in [0.15, 0.2) is 0 Å². The third-order valence-electron chi connectivity index (χ3n) is 2.69. The first-order valence-electron chi connectivity index (χ1n) is 6.45. The van der Waals surface area contributed by atoms with Crippen LogP contribution in [0.5, 0.6) is 0 Å². The van der Waals surface area contributed by atoms with Crippen LogP contribution in [0, 0.1) is 11.8 Å². The number of esters is 2. The fourth-order valence-electron chi connectivity index (χ4n) is 1.82. The van der Waals surface area contributed by atoms with Gasteiger partial charge in [-0.05, 0) is 54.4 Å². The van der Waals surface area contributed by atoms with E-state index >= 15 is 0 Å². The molecule has 1 saturated carbocycles. The maximum atomic E-state index is 11.9. The summed E-state index contributed by atoms with van der Waals surface area (Å²) in [5, 5.41) is 0. The molecule has 2 atom stereocenters. The lowest BCUT2D eigenvalue weighted by atomic mass is 9.73. The summed E-state index contributed by atoms with van der Waals surface area (Å²) in [6.07, 6.45) is 1.41. The molecule has 0 aromatic carbocycles. The van der Waals surface area contributed by atoms with Crippen molar-refractivity contribution < 1.29 is 19.1 Å². The van der Waals surface area contributed by atoms with Gasteiger partial charge in [-0.1, -0.05) is 0 Å². The topological polar surface area (TPSA) is 52.6 Å². The molecule has 1 aliphatic carbocycles. The molecule has 0 aliphatic heterocycles. The Morgan fingerprint density at radius 3 is 1.22 bits per heavy atom. The molecule has 0 amide bonds. The zero-order chi connectivity index (χ0) is 14.1. The van der Waals surface area contributed by atoms with Gasteiger partial charge in [-0.3, -0.25) is 9.59 Å². The van der Waals surface area contributed by atoms with Gasteiger partial charge in [-0.2, -0.15) is 0 Å². The quantitative estimate of drug-likeness (QED) is 0.713. The standard InChI is InChI=1S/C14H24O4/c1-13(2,3)17-11(15)9-7-8-10(9)12(16)18-14(4,5)6/h9-10H,7-8H2,1-6H3. The van der Waals surface area contributed by atoms with Crippen molar-refractivity contribution in [1.29, 1.82) is 0 Å². The van der Waals surface area contributed by atoms with Gasteiger partial charge in [0.1, 0.15) is 11.2 Å². The largest absolute Gasteiger partial charge is 0.460 e. The van der Waals surface area contributed by atoms with Crippen LogP contribution in [0.3, 0.4) is 0 Å². The molecule has 104 valence electrons. The predicted molar refractivity (Wildman–Crippen MR) is 67.9 cm³/mol. The van der Waals surface area contributed by atoms with E-state index in [2.05, 4.69) is 0 Å². The Balaban J connectivity index is 2.56. The van der Waals surface area contributed by atoms with Gasteiger partial charge in [-0.25, -0.2) is 0 Å². The van der Waals surface area contributed by atoms with Crippen molar-refractivity contribution in [3.05, 3.63) is 0 Å². The molecule has 0 saturated heterocycles. The number of rotatable bonds is 2. The first kappa shape index (κ1) is 15.0. The van der Waals surface area contributed by atoms with Crippen LogP contribution in [0.4, 0.5) is 0 Å². The van der Waals surface area contributed by atoms with Crippen LogP contribution in [0.1, 0.15) is 54.4 Å². The van der Waals surface area contributed by atoms with E-state index in [1.807, 2.05) is 41.5 Å². The monoisotopic (exact) mass is 256 g/mol. The summed E-state index contributed by atoms with van der Waals surface area (Å²) in [6.45, 7) is 11.0. The first-order valence-corrected chi connectivity index (χ1v) is 6.45. The molecule has 0 aromatic rings. The summed E-state index contributed by atoms with van der Waals surface area (Å²) in [5.41, 5.74) is -1.02. The number of hydrogen-bond acceptors (Lipinski definition) is 4. The highest BCUT2D eigenvalue weighted by Gasteiger charge is 2.45. The van der Waals surface area contributed by atoms with Crippen molar-refractivity contribution in [3.63, 3.8) is 0 Å². The Bertz CT molecular complexity index is 299. The van der Waals surface area contributed by atoms with Crippen LogP contribution >= 0.6 is 0 Å². The molecular weight excluding hydrogens is 232 g/mol. The molecule has 1 fully saturated rings. The lowest BCUT2D eigenvalue weighted by molar-refractivity contribution is -0.179. The summed E-state index contributed by atoms with van der Waals surface area (Å²) >= 11 is 0. The molecule has 0 N–H and O–H groups in total. The van der Waals surface area contributed by atoms with E-state index in [0.717, 1.165) is 0 Å². The Morgan fingerprint density at radius 1 is 0.778 bits per heavy atom. The second-order valence-corrected chi connectivity index (χ2v) is 6.86. The molecule has 4 heteroatoms. The summed E-state index contributed by atoms with van der Waals surface area (Å²) in [7, 11) is 0. The van der Waals surface area contributed by atoms with Crippen molar-refractivity contribution in [2.24, 2.45) is 11.8 Å². The molecular formula is C14H24O4. The molecule has 0 radical (unpaired) electrons. The lowest BCUT2D eigenvalue weighted by Gasteiger charge is -2.36. The fraction of sp³-hybridized carbons (Fsp3) is 0.857. The highest BCUT2D eigenvalue weighted by molar-refractivity contribution is 5.84. The average molecular weight is 256 g/mol. The predicted octanol–water partition coefficient (Wildman–Crippen LogP) is 2.70. The third kappa shape index (κ3) is 4.31. The van der Waals surface area contributed by atoms with Crippen LogP contribution in [-0.4, -0.2) is 23.1 Å². The Kier molecular flexibility index (Phi) is 4.08. The van der Waals surface area contributed by atoms with E-state index in [1.54, 1.807) is 0 Å². The molecule has 4 nitrogen and oxygen atoms in total. The van der Waals surface area contributed by atoms with Crippen LogP contribution in [0.2, 0.25) is 0 Å². The van der Waals surface area contributed by atoms with E-state index < -0.39 is 11.2 Å². The molecule has 18 heavy (non-hydrogen) atoms. The van der Waals surface area contributed by atoms with Crippen molar-refractivity contribution in [2.75, 3.05) is 0 Å². The molecule has 1 rings (SSSR count). The summed E-state index contributed by atoms with van der Waals surface area (Å²) in [6, 6.07) is 0. The second-order valence-electron chi connectivity index (χ2n) is 6.86. The number of carbonyl (C=O) groups is 2. The van der Waals surface area contributed by atoms with E-state index in [0.29, 0.717) is 12.8 Å². The smallest absolute Gasteiger partial charge is 0.310 e.